The maximum Gasteiger partial charge on any atom is 0.325 e. The van der Waals surface area contributed by atoms with Crippen LogP contribution in [-0.4, -0.2) is 24.3 Å². The second kappa shape index (κ2) is 5.19. The van der Waals surface area contributed by atoms with E-state index in [1.54, 1.807) is 19.1 Å². The van der Waals surface area contributed by atoms with Crippen molar-refractivity contribution < 1.29 is 14.3 Å². The van der Waals surface area contributed by atoms with E-state index in [-0.39, 0.29) is 17.9 Å². The summed E-state index contributed by atoms with van der Waals surface area (Å²) < 4.78 is 10.8. The highest BCUT2D eigenvalue weighted by molar-refractivity contribution is 5.68. The maximum atomic E-state index is 11.6. The minimum Gasteiger partial charge on any atom is -0.488 e. The fraction of sp³-hybridized carbons (Fsp3) is 0.400. The number of rotatable bonds is 4. The molecule has 82 valence electrons. The molecular weight excluding hydrogens is 198 g/mol. The van der Waals surface area contributed by atoms with E-state index in [4.69, 9.17) is 4.74 Å². The lowest BCUT2D eigenvalue weighted by molar-refractivity contribution is -0.141. The molecule has 1 heterocycles. The van der Waals surface area contributed by atoms with Crippen LogP contribution in [0.25, 0.3) is 0 Å². The average molecular weight is 211 g/mol. The lowest BCUT2D eigenvalue weighted by atomic mass is 10.4. The summed E-state index contributed by atoms with van der Waals surface area (Å²) in [5.74, 6) is -0.227. The number of methoxy groups -OCH3 is 1. The van der Waals surface area contributed by atoms with Crippen LogP contribution in [0.1, 0.15) is 6.92 Å². The van der Waals surface area contributed by atoms with E-state index in [9.17, 15) is 9.59 Å². The highest BCUT2D eigenvalue weighted by atomic mass is 16.5. The summed E-state index contributed by atoms with van der Waals surface area (Å²) in [7, 11) is 1.28. The van der Waals surface area contributed by atoms with Gasteiger partial charge >= 0.3 is 5.97 Å². The number of carbonyl (C=O) groups excluding carboxylic acids is 1. The van der Waals surface area contributed by atoms with Gasteiger partial charge in [-0.3, -0.25) is 9.59 Å². The Balaban J connectivity index is 2.94. The minimum absolute atomic E-state index is 0.101. The SMILES string of the molecule is CCOc1cccn(CC(=O)OC)c1=O. The summed E-state index contributed by atoms with van der Waals surface area (Å²) >= 11 is 0. The van der Waals surface area contributed by atoms with Crippen molar-refractivity contribution in [3.05, 3.63) is 28.7 Å². The molecule has 0 saturated carbocycles. The van der Waals surface area contributed by atoms with E-state index >= 15 is 0 Å². The van der Waals surface area contributed by atoms with E-state index in [0.717, 1.165) is 0 Å². The molecular formula is C10H13NO4. The van der Waals surface area contributed by atoms with Gasteiger partial charge < -0.3 is 14.0 Å². The van der Waals surface area contributed by atoms with Crippen LogP contribution in [-0.2, 0) is 16.1 Å². The van der Waals surface area contributed by atoms with Crippen molar-refractivity contribution in [3.8, 4) is 5.75 Å². The van der Waals surface area contributed by atoms with Crippen LogP contribution in [0.3, 0.4) is 0 Å². The van der Waals surface area contributed by atoms with E-state index < -0.39 is 5.97 Å². The molecule has 0 aliphatic carbocycles. The van der Waals surface area contributed by atoms with Gasteiger partial charge in [-0.05, 0) is 19.1 Å². The third-order valence-electron chi connectivity index (χ3n) is 1.81. The lowest BCUT2D eigenvalue weighted by Crippen LogP contribution is -2.25. The third-order valence-corrected chi connectivity index (χ3v) is 1.81. The normalized spacial score (nSPS) is 9.73. The van der Waals surface area contributed by atoms with Crippen molar-refractivity contribution in [2.24, 2.45) is 0 Å². The summed E-state index contributed by atoms with van der Waals surface area (Å²) in [6.45, 7) is 2.10. The first-order chi connectivity index (χ1) is 7.19. The van der Waals surface area contributed by atoms with Crippen molar-refractivity contribution >= 4 is 5.97 Å². The molecule has 5 heteroatoms. The third kappa shape index (κ3) is 2.83. The second-order valence-corrected chi connectivity index (χ2v) is 2.81. The van der Waals surface area contributed by atoms with Crippen molar-refractivity contribution in [2.75, 3.05) is 13.7 Å². The molecule has 0 aliphatic heterocycles. The van der Waals surface area contributed by atoms with E-state index in [1.165, 1.54) is 17.9 Å². The quantitative estimate of drug-likeness (QED) is 0.677. The van der Waals surface area contributed by atoms with Crippen LogP contribution in [0, 0.1) is 0 Å². The van der Waals surface area contributed by atoms with Gasteiger partial charge in [-0.1, -0.05) is 0 Å². The summed E-state index contributed by atoms with van der Waals surface area (Å²) in [6, 6.07) is 3.22. The molecule has 0 spiro atoms. The van der Waals surface area contributed by atoms with Gasteiger partial charge in [0.1, 0.15) is 6.54 Å². The number of hydrogen-bond acceptors (Lipinski definition) is 4. The Labute approximate surface area is 87.2 Å². The van der Waals surface area contributed by atoms with Crippen LogP contribution in [0.4, 0.5) is 0 Å². The molecule has 5 nitrogen and oxygen atoms in total. The Morgan fingerprint density at radius 2 is 2.27 bits per heavy atom. The van der Waals surface area contributed by atoms with E-state index in [0.29, 0.717) is 6.61 Å². The van der Waals surface area contributed by atoms with Gasteiger partial charge in [-0.25, -0.2) is 0 Å². The number of aromatic nitrogens is 1. The number of ether oxygens (including phenoxy) is 2. The lowest BCUT2D eigenvalue weighted by Gasteiger charge is -2.06. The fourth-order valence-electron chi connectivity index (χ4n) is 1.11. The number of pyridine rings is 1. The van der Waals surface area contributed by atoms with Crippen LogP contribution in [0.15, 0.2) is 23.1 Å². The highest BCUT2D eigenvalue weighted by Crippen LogP contribution is 2.01. The van der Waals surface area contributed by atoms with Gasteiger partial charge in [0.15, 0.2) is 5.75 Å². The zero-order valence-electron chi connectivity index (χ0n) is 8.73. The Hall–Kier alpha value is -1.78. The summed E-state index contributed by atoms with van der Waals surface area (Å²) in [5, 5.41) is 0. The fourth-order valence-corrected chi connectivity index (χ4v) is 1.11. The van der Waals surface area contributed by atoms with E-state index in [1.807, 2.05) is 0 Å². The maximum absolute atomic E-state index is 11.6. The van der Waals surface area contributed by atoms with Crippen LogP contribution >= 0.6 is 0 Å². The van der Waals surface area contributed by atoms with Crippen molar-refractivity contribution in [1.82, 2.24) is 4.57 Å². The van der Waals surface area contributed by atoms with Crippen LogP contribution in [0.5, 0.6) is 5.75 Å². The monoisotopic (exact) mass is 211 g/mol. The standard InChI is InChI=1S/C10H13NO4/c1-3-15-8-5-4-6-11(10(8)13)7-9(12)14-2/h4-6H,3,7H2,1-2H3. The first kappa shape index (κ1) is 11.3. The van der Waals surface area contributed by atoms with Gasteiger partial charge in [0, 0.05) is 6.20 Å². The van der Waals surface area contributed by atoms with E-state index in [2.05, 4.69) is 4.74 Å². The molecule has 0 bridgehead atoms. The molecule has 0 unspecified atom stereocenters. The summed E-state index contributed by atoms with van der Waals surface area (Å²) in [6.07, 6.45) is 1.52. The molecule has 1 aromatic rings. The van der Waals surface area contributed by atoms with Crippen molar-refractivity contribution in [1.29, 1.82) is 0 Å². The average Bonchev–Trinajstić information content (AvgIpc) is 2.24. The molecule has 1 rings (SSSR count). The molecule has 0 aliphatic rings. The molecule has 1 aromatic heterocycles. The van der Waals surface area contributed by atoms with Crippen LogP contribution in [0.2, 0.25) is 0 Å². The van der Waals surface area contributed by atoms with Crippen LogP contribution < -0.4 is 10.3 Å². The zero-order valence-corrected chi connectivity index (χ0v) is 8.73. The smallest absolute Gasteiger partial charge is 0.325 e. The number of nitrogens with zero attached hydrogens (tertiary/aromatic N) is 1. The summed E-state index contributed by atoms with van der Waals surface area (Å²) in [4.78, 5) is 22.6. The molecule has 0 radical (unpaired) electrons. The second-order valence-electron chi connectivity index (χ2n) is 2.81. The molecule has 0 saturated heterocycles. The largest absolute Gasteiger partial charge is 0.488 e. The topological polar surface area (TPSA) is 57.5 Å². The van der Waals surface area contributed by atoms with Gasteiger partial charge in [-0.15, -0.1) is 0 Å². The molecule has 0 amide bonds. The van der Waals surface area contributed by atoms with Gasteiger partial charge in [0.05, 0.1) is 13.7 Å². The first-order valence-corrected chi connectivity index (χ1v) is 4.58. The summed E-state index contributed by atoms with van der Waals surface area (Å²) in [5.41, 5.74) is -0.329. The Morgan fingerprint density at radius 3 is 2.87 bits per heavy atom. The predicted octanol–water partition coefficient (Wildman–Crippen LogP) is 0.420. The Kier molecular flexibility index (Phi) is 3.91. The minimum atomic E-state index is -0.467. The molecule has 0 fully saturated rings. The van der Waals surface area contributed by atoms with Gasteiger partial charge in [0.25, 0.3) is 5.56 Å². The van der Waals surface area contributed by atoms with Gasteiger partial charge in [-0.2, -0.15) is 0 Å². The molecule has 0 N–H and O–H groups in total. The molecule has 15 heavy (non-hydrogen) atoms. The number of esters is 1. The zero-order chi connectivity index (χ0) is 11.3. The first-order valence-electron chi connectivity index (χ1n) is 4.58. The molecule has 0 aromatic carbocycles. The molecule has 0 atom stereocenters. The van der Waals surface area contributed by atoms with Crippen molar-refractivity contribution in [2.45, 2.75) is 13.5 Å². The predicted molar refractivity (Wildman–Crippen MR) is 53.9 cm³/mol. The Morgan fingerprint density at radius 1 is 1.53 bits per heavy atom. The number of carbonyl (C=O) groups is 1. The Bertz CT molecular complexity index is 397. The van der Waals surface area contributed by atoms with Crippen molar-refractivity contribution in [3.63, 3.8) is 0 Å². The van der Waals surface area contributed by atoms with Gasteiger partial charge in [0.2, 0.25) is 0 Å². The number of hydrogen-bond donors (Lipinski definition) is 0. The highest BCUT2D eigenvalue weighted by Gasteiger charge is 2.07.